The van der Waals surface area contributed by atoms with Gasteiger partial charge in [0.2, 0.25) is 0 Å². The standard InChI is InChI=1S/C24H16ClN/c25-21-15-18(17-9-3-1-4-10-17)16-23-24(21)20-13-7-8-14-22(20)26(23)19-11-5-2-6-12-19/h1-16H. The van der Waals surface area contributed by atoms with E-state index in [4.69, 9.17) is 11.6 Å². The number of nitrogens with zero attached hydrogens (tertiary/aromatic N) is 1. The molecule has 124 valence electrons. The highest BCUT2D eigenvalue weighted by atomic mass is 35.5. The molecular weight excluding hydrogens is 338 g/mol. The van der Waals surface area contributed by atoms with E-state index in [2.05, 4.69) is 89.5 Å². The maximum Gasteiger partial charge on any atom is 0.0562 e. The Bertz CT molecular complexity index is 1220. The smallest absolute Gasteiger partial charge is 0.0562 e. The molecule has 5 aromatic rings. The summed E-state index contributed by atoms with van der Waals surface area (Å²) >= 11 is 6.78. The molecule has 0 saturated carbocycles. The van der Waals surface area contributed by atoms with Crippen molar-refractivity contribution in [1.29, 1.82) is 0 Å². The van der Waals surface area contributed by atoms with Crippen molar-refractivity contribution in [2.45, 2.75) is 0 Å². The minimum Gasteiger partial charge on any atom is -0.309 e. The average molecular weight is 354 g/mol. The summed E-state index contributed by atoms with van der Waals surface area (Å²) in [6.45, 7) is 0. The molecule has 0 N–H and O–H groups in total. The fourth-order valence-electron chi connectivity index (χ4n) is 3.70. The molecular formula is C24H16ClN. The summed E-state index contributed by atoms with van der Waals surface area (Å²) in [6.07, 6.45) is 0. The summed E-state index contributed by atoms with van der Waals surface area (Å²) in [4.78, 5) is 0. The van der Waals surface area contributed by atoms with Crippen molar-refractivity contribution < 1.29 is 0 Å². The van der Waals surface area contributed by atoms with Gasteiger partial charge in [-0.15, -0.1) is 0 Å². The van der Waals surface area contributed by atoms with Crippen molar-refractivity contribution in [2.75, 3.05) is 0 Å². The third kappa shape index (κ3) is 2.33. The van der Waals surface area contributed by atoms with E-state index in [0.717, 1.165) is 27.2 Å². The van der Waals surface area contributed by atoms with E-state index in [1.165, 1.54) is 16.5 Å². The number of hydrogen-bond acceptors (Lipinski definition) is 0. The first-order valence-corrected chi connectivity index (χ1v) is 9.04. The molecule has 0 aliphatic rings. The Labute approximate surface area is 157 Å². The fraction of sp³-hybridized carbons (Fsp3) is 0. The lowest BCUT2D eigenvalue weighted by Gasteiger charge is -2.09. The molecule has 0 bridgehead atoms. The minimum atomic E-state index is 0.784. The van der Waals surface area contributed by atoms with E-state index in [-0.39, 0.29) is 0 Å². The van der Waals surface area contributed by atoms with Gasteiger partial charge in [0.05, 0.1) is 16.1 Å². The molecule has 0 saturated heterocycles. The number of benzene rings is 4. The van der Waals surface area contributed by atoms with Gasteiger partial charge in [-0.05, 0) is 41.5 Å². The number of halogens is 1. The van der Waals surface area contributed by atoms with Crippen molar-refractivity contribution in [3.8, 4) is 16.8 Å². The van der Waals surface area contributed by atoms with Crippen LogP contribution in [0.4, 0.5) is 0 Å². The summed E-state index contributed by atoms with van der Waals surface area (Å²) < 4.78 is 2.29. The maximum atomic E-state index is 6.78. The molecule has 0 atom stereocenters. The SMILES string of the molecule is Clc1cc(-c2ccccc2)cc2c1c1ccccc1n2-c1ccccc1. The van der Waals surface area contributed by atoms with Crippen LogP contribution >= 0.6 is 11.6 Å². The van der Waals surface area contributed by atoms with Crippen LogP contribution in [0.1, 0.15) is 0 Å². The number of para-hydroxylation sites is 2. The zero-order valence-corrected chi connectivity index (χ0v) is 14.8. The second-order valence-corrected chi connectivity index (χ2v) is 6.81. The topological polar surface area (TPSA) is 4.93 Å². The summed E-state index contributed by atoms with van der Waals surface area (Å²) in [6, 6.07) is 33.6. The minimum absolute atomic E-state index is 0.784. The molecule has 0 radical (unpaired) electrons. The molecule has 5 rings (SSSR count). The zero-order valence-electron chi connectivity index (χ0n) is 14.1. The van der Waals surface area contributed by atoms with Gasteiger partial charge < -0.3 is 4.57 Å². The highest BCUT2D eigenvalue weighted by Crippen LogP contribution is 2.39. The predicted octanol–water partition coefficient (Wildman–Crippen LogP) is 7.10. The average Bonchev–Trinajstić information content (AvgIpc) is 3.04. The van der Waals surface area contributed by atoms with Gasteiger partial charge in [-0.25, -0.2) is 0 Å². The second-order valence-electron chi connectivity index (χ2n) is 6.41. The third-order valence-electron chi connectivity index (χ3n) is 4.85. The maximum absolute atomic E-state index is 6.78. The Morgan fingerprint density at radius 1 is 0.577 bits per heavy atom. The monoisotopic (exact) mass is 353 g/mol. The quantitative estimate of drug-likeness (QED) is 0.319. The highest BCUT2D eigenvalue weighted by Gasteiger charge is 2.15. The molecule has 0 aliphatic carbocycles. The molecule has 1 aromatic heterocycles. The van der Waals surface area contributed by atoms with E-state index in [1.807, 2.05) is 12.1 Å². The Hall–Kier alpha value is -3.03. The van der Waals surface area contributed by atoms with Gasteiger partial charge in [0.15, 0.2) is 0 Å². The first kappa shape index (κ1) is 15.2. The predicted molar refractivity (Wildman–Crippen MR) is 111 cm³/mol. The molecule has 26 heavy (non-hydrogen) atoms. The summed E-state index contributed by atoms with van der Waals surface area (Å²) in [5.41, 5.74) is 5.73. The van der Waals surface area contributed by atoms with Gasteiger partial charge in [-0.3, -0.25) is 0 Å². The molecule has 1 nitrogen and oxygen atoms in total. The van der Waals surface area contributed by atoms with Gasteiger partial charge in [0.1, 0.15) is 0 Å². The van der Waals surface area contributed by atoms with Crippen molar-refractivity contribution in [3.05, 3.63) is 102 Å². The molecule has 1 heterocycles. The Kier molecular flexibility index (Phi) is 3.55. The first-order valence-electron chi connectivity index (χ1n) is 8.66. The first-order chi connectivity index (χ1) is 12.8. The van der Waals surface area contributed by atoms with E-state index >= 15 is 0 Å². The van der Waals surface area contributed by atoms with Crippen LogP contribution in [0.15, 0.2) is 97.1 Å². The van der Waals surface area contributed by atoms with Gasteiger partial charge in [-0.2, -0.15) is 0 Å². The zero-order chi connectivity index (χ0) is 17.5. The highest BCUT2D eigenvalue weighted by molar-refractivity contribution is 6.38. The fourth-order valence-corrected chi connectivity index (χ4v) is 4.01. The molecule has 0 fully saturated rings. The van der Waals surface area contributed by atoms with Crippen LogP contribution in [0.2, 0.25) is 5.02 Å². The number of aromatic nitrogens is 1. The largest absolute Gasteiger partial charge is 0.309 e. The van der Waals surface area contributed by atoms with Crippen LogP contribution in [-0.2, 0) is 0 Å². The van der Waals surface area contributed by atoms with Crippen LogP contribution in [-0.4, -0.2) is 4.57 Å². The van der Waals surface area contributed by atoms with Crippen LogP contribution in [0.25, 0.3) is 38.6 Å². The van der Waals surface area contributed by atoms with Crippen molar-refractivity contribution in [3.63, 3.8) is 0 Å². The molecule has 0 unspecified atom stereocenters. The lowest BCUT2D eigenvalue weighted by molar-refractivity contribution is 1.18. The second kappa shape index (κ2) is 6.05. The molecule has 0 spiro atoms. The third-order valence-corrected chi connectivity index (χ3v) is 5.14. The van der Waals surface area contributed by atoms with Crippen LogP contribution in [0.5, 0.6) is 0 Å². The van der Waals surface area contributed by atoms with Gasteiger partial charge in [0, 0.05) is 16.5 Å². The number of fused-ring (bicyclic) bond motifs is 3. The normalized spacial score (nSPS) is 11.3. The van der Waals surface area contributed by atoms with Gasteiger partial charge in [0.25, 0.3) is 0 Å². The lowest BCUT2D eigenvalue weighted by atomic mass is 10.0. The number of rotatable bonds is 2. The van der Waals surface area contributed by atoms with E-state index < -0.39 is 0 Å². The molecule has 0 aliphatic heterocycles. The van der Waals surface area contributed by atoms with Gasteiger partial charge in [-0.1, -0.05) is 78.3 Å². The number of hydrogen-bond donors (Lipinski definition) is 0. The van der Waals surface area contributed by atoms with E-state index in [0.29, 0.717) is 0 Å². The Morgan fingerprint density at radius 3 is 2.00 bits per heavy atom. The summed E-state index contributed by atoms with van der Waals surface area (Å²) in [5, 5.41) is 3.06. The summed E-state index contributed by atoms with van der Waals surface area (Å²) in [5.74, 6) is 0. The Morgan fingerprint density at radius 2 is 1.23 bits per heavy atom. The lowest BCUT2D eigenvalue weighted by Crippen LogP contribution is -1.93. The van der Waals surface area contributed by atoms with Crippen molar-refractivity contribution in [2.24, 2.45) is 0 Å². The molecule has 0 amide bonds. The molecule has 4 aromatic carbocycles. The van der Waals surface area contributed by atoms with Crippen molar-refractivity contribution in [1.82, 2.24) is 4.57 Å². The van der Waals surface area contributed by atoms with E-state index in [9.17, 15) is 0 Å². The van der Waals surface area contributed by atoms with Crippen LogP contribution < -0.4 is 0 Å². The van der Waals surface area contributed by atoms with Crippen LogP contribution in [0.3, 0.4) is 0 Å². The molecule has 2 heteroatoms. The Balaban J connectivity index is 1.93. The van der Waals surface area contributed by atoms with Gasteiger partial charge >= 0.3 is 0 Å². The van der Waals surface area contributed by atoms with Crippen LogP contribution in [0, 0.1) is 0 Å². The van der Waals surface area contributed by atoms with Crippen molar-refractivity contribution >= 4 is 33.4 Å². The van der Waals surface area contributed by atoms with E-state index in [1.54, 1.807) is 0 Å². The summed E-state index contributed by atoms with van der Waals surface area (Å²) in [7, 11) is 0.